The Kier molecular flexibility index (Phi) is 5.35. The van der Waals surface area contributed by atoms with Crippen molar-refractivity contribution in [3.63, 3.8) is 0 Å². The van der Waals surface area contributed by atoms with Crippen molar-refractivity contribution in [2.24, 2.45) is 5.41 Å². The zero-order chi connectivity index (χ0) is 22.3. The van der Waals surface area contributed by atoms with Crippen molar-refractivity contribution < 1.29 is 19.4 Å². The van der Waals surface area contributed by atoms with Gasteiger partial charge >= 0.3 is 5.97 Å². The second kappa shape index (κ2) is 7.85. The molecule has 8 heteroatoms. The summed E-state index contributed by atoms with van der Waals surface area (Å²) in [4.78, 5) is 25.2. The third-order valence-electron chi connectivity index (χ3n) is 5.58. The van der Waals surface area contributed by atoms with Crippen LogP contribution in [0.2, 0.25) is 0 Å². The lowest BCUT2D eigenvalue weighted by molar-refractivity contribution is 0.0522. The molecule has 0 amide bonds. The highest BCUT2D eigenvalue weighted by molar-refractivity contribution is 5.97. The monoisotopic (exact) mass is 425 g/mol. The maximum Gasteiger partial charge on any atom is 0.343 e. The normalized spacial score (nSPS) is 15.5. The number of carbonyl (C=O) groups is 1. The number of aliphatic hydroxyl groups excluding tert-OH is 1. The molecule has 1 atom stereocenters. The Bertz CT molecular complexity index is 1200. The van der Waals surface area contributed by atoms with Gasteiger partial charge in [0.05, 0.1) is 37.2 Å². The lowest BCUT2D eigenvalue weighted by Gasteiger charge is -2.38. The number of aromatic nitrogens is 3. The van der Waals surface area contributed by atoms with Crippen LogP contribution in [0.4, 0.5) is 0 Å². The summed E-state index contributed by atoms with van der Waals surface area (Å²) in [5.41, 5.74) is 1.66. The van der Waals surface area contributed by atoms with Gasteiger partial charge in [-0.1, -0.05) is 32.9 Å². The largest absolute Gasteiger partial charge is 0.489 e. The minimum absolute atomic E-state index is 0.0316. The number of carbonyl (C=O) groups excluding carboxylic acids is 1. The van der Waals surface area contributed by atoms with Crippen molar-refractivity contribution >= 4 is 16.9 Å². The number of benzene rings is 1. The smallest absolute Gasteiger partial charge is 0.343 e. The van der Waals surface area contributed by atoms with Crippen molar-refractivity contribution in [2.45, 2.75) is 40.3 Å². The summed E-state index contributed by atoms with van der Waals surface area (Å²) in [6.07, 6.45) is 1.63. The first-order valence-corrected chi connectivity index (χ1v) is 10.4. The molecule has 0 fully saturated rings. The van der Waals surface area contributed by atoms with Gasteiger partial charge in [0, 0.05) is 17.6 Å². The van der Waals surface area contributed by atoms with Crippen molar-refractivity contribution in [3.05, 3.63) is 46.2 Å². The van der Waals surface area contributed by atoms with Crippen molar-refractivity contribution in [3.8, 4) is 17.1 Å². The van der Waals surface area contributed by atoms with E-state index in [1.807, 2.05) is 27.4 Å². The van der Waals surface area contributed by atoms with Crippen LogP contribution in [0.3, 0.4) is 0 Å². The molecular formula is C23H27N3O5. The van der Waals surface area contributed by atoms with E-state index in [1.54, 1.807) is 13.1 Å². The fourth-order valence-electron chi connectivity index (χ4n) is 4.10. The maximum atomic E-state index is 12.8. The van der Waals surface area contributed by atoms with Crippen molar-refractivity contribution in [2.75, 3.05) is 19.8 Å². The number of esters is 1. The van der Waals surface area contributed by atoms with Gasteiger partial charge in [-0.15, -0.1) is 0 Å². The number of ether oxygens (including phenoxy) is 2. The van der Waals surface area contributed by atoms with Gasteiger partial charge in [-0.25, -0.2) is 4.79 Å². The van der Waals surface area contributed by atoms with Crippen LogP contribution in [0.15, 0.2) is 35.3 Å². The van der Waals surface area contributed by atoms with Crippen LogP contribution in [0.25, 0.3) is 22.3 Å². The zero-order valence-corrected chi connectivity index (χ0v) is 18.2. The molecule has 3 heterocycles. The van der Waals surface area contributed by atoms with Gasteiger partial charge in [-0.2, -0.15) is 5.10 Å². The number of pyridine rings is 1. The molecule has 3 aromatic rings. The van der Waals surface area contributed by atoms with Gasteiger partial charge in [-0.05, 0) is 18.4 Å². The average Bonchev–Trinajstić information content (AvgIpc) is 3.10. The lowest BCUT2D eigenvalue weighted by Crippen LogP contribution is -2.35. The molecule has 0 saturated heterocycles. The highest BCUT2D eigenvalue weighted by Gasteiger charge is 2.35. The van der Waals surface area contributed by atoms with Gasteiger partial charge < -0.3 is 19.1 Å². The van der Waals surface area contributed by atoms with E-state index in [4.69, 9.17) is 19.7 Å². The summed E-state index contributed by atoms with van der Waals surface area (Å²) in [7, 11) is 0. The van der Waals surface area contributed by atoms with E-state index in [0.717, 1.165) is 11.1 Å². The predicted octanol–water partition coefficient (Wildman–Crippen LogP) is 3.01. The van der Waals surface area contributed by atoms with E-state index in [1.165, 1.54) is 6.07 Å². The topological polar surface area (TPSA) is 95.6 Å². The van der Waals surface area contributed by atoms with Gasteiger partial charge in [0.15, 0.2) is 5.43 Å². The summed E-state index contributed by atoms with van der Waals surface area (Å²) in [5.74, 6) is -0.0307. The van der Waals surface area contributed by atoms with Crippen LogP contribution < -0.4 is 10.2 Å². The number of nitrogens with zero attached hydrogens (tertiary/aromatic N) is 3. The average molecular weight is 425 g/mol. The second-order valence-electron chi connectivity index (χ2n) is 8.70. The van der Waals surface area contributed by atoms with Gasteiger partial charge in [0.25, 0.3) is 0 Å². The highest BCUT2D eigenvalue weighted by Crippen LogP contribution is 2.43. The van der Waals surface area contributed by atoms with Crippen molar-refractivity contribution in [1.82, 2.24) is 14.3 Å². The fourth-order valence-corrected chi connectivity index (χ4v) is 4.10. The maximum absolute atomic E-state index is 12.8. The predicted molar refractivity (Wildman–Crippen MR) is 116 cm³/mol. The number of fused-ring (bicyclic) bond motifs is 5. The minimum atomic E-state index is -0.612. The molecule has 31 heavy (non-hydrogen) atoms. The van der Waals surface area contributed by atoms with Crippen LogP contribution in [-0.4, -0.2) is 45.2 Å². The first kappa shape index (κ1) is 21.1. The summed E-state index contributed by atoms with van der Waals surface area (Å²) in [5, 5.41) is 14.8. The first-order valence-electron chi connectivity index (χ1n) is 10.4. The third kappa shape index (κ3) is 3.61. The Morgan fingerprint density at radius 3 is 2.77 bits per heavy atom. The molecule has 0 saturated carbocycles. The summed E-state index contributed by atoms with van der Waals surface area (Å²) in [6, 6.07) is 7.07. The Morgan fingerprint density at radius 1 is 1.32 bits per heavy atom. The quantitative estimate of drug-likeness (QED) is 0.632. The number of aliphatic hydroxyl groups is 1. The van der Waals surface area contributed by atoms with Gasteiger partial charge in [0.1, 0.15) is 23.4 Å². The van der Waals surface area contributed by atoms with Crippen LogP contribution in [0.1, 0.15) is 44.1 Å². The first-order chi connectivity index (χ1) is 14.8. The second-order valence-corrected chi connectivity index (χ2v) is 8.70. The zero-order valence-electron chi connectivity index (χ0n) is 18.2. The fraction of sp³-hybridized carbons (Fsp3) is 0.435. The number of hydrogen-bond donors (Lipinski definition) is 1. The summed E-state index contributed by atoms with van der Waals surface area (Å²) in [6.45, 7) is 8.93. The van der Waals surface area contributed by atoms with Crippen LogP contribution in [0, 0.1) is 5.41 Å². The van der Waals surface area contributed by atoms with E-state index in [0.29, 0.717) is 23.5 Å². The van der Waals surface area contributed by atoms with E-state index in [2.05, 4.69) is 20.8 Å². The molecule has 1 aliphatic heterocycles. The van der Waals surface area contributed by atoms with Crippen molar-refractivity contribution in [1.29, 1.82) is 0 Å². The molecule has 1 aliphatic rings. The molecule has 1 N–H and O–H groups in total. The molecule has 0 bridgehead atoms. The van der Waals surface area contributed by atoms with Gasteiger partial charge in [-0.3, -0.25) is 9.48 Å². The Morgan fingerprint density at radius 2 is 2.10 bits per heavy atom. The molecule has 0 radical (unpaired) electrons. The van der Waals surface area contributed by atoms with Crippen LogP contribution in [-0.2, 0) is 11.3 Å². The third-order valence-corrected chi connectivity index (χ3v) is 5.58. The van der Waals surface area contributed by atoms with E-state index < -0.39 is 5.97 Å². The molecule has 0 aliphatic carbocycles. The van der Waals surface area contributed by atoms with E-state index in [9.17, 15) is 9.59 Å². The highest BCUT2D eigenvalue weighted by atomic mass is 16.5. The molecule has 164 valence electrons. The standard InChI is InChI=1S/C23H27N3O5/c1-5-30-22(29)15-12-25-16(11-17(15)28)21-14-7-6-8-18(31-10-9-27)20(14)24-26(21)13-19(25)23(2,3)4/h6-8,11-12,19,27H,5,9-10,13H2,1-4H3. The SMILES string of the molecule is CCOC(=O)c1cn2c(cc1=O)-c1c3cccc(OCCO)c3nn1CC2C(C)(C)C. The Balaban J connectivity index is 1.97. The van der Waals surface area contributed by atoms with E-state index in [-0.39, 0.29) is 42.3 Å². The van der Waals surface area contributed by atoms with E-state index >= 15 is 0 Å². The molecule has 1 unspecified atom stereocenters. The molecular weight excluding hydrogens is 398 g/mol. The molecule has 1 aromatic carbocycles. The number of rotatable bonds is 5. The lowest BCUT2D eigenvalue weighted by atomic mass is 9.85. The molecule has 4 rings (SSSR count). The Hall–Kier alpha value is -3.13. The van der Waals surface area contributed by atoms with Gasteiger partial charge in [0.2, 0.25) is 0 Å². The minimum Gasteiger partial charge on any atom is -0.489 e. The Labute approximate surface area is 180 Å². The molecule has 0 spiro atoms. The number of hydrogen-bond acceptors (Lipinski definition) is 6. The molecule has 8 nitrogen and oxygen atoms in total. The summed E-state index contributed by atoms with van der Waals surface area (Å²) >= 11 is 0. The summed E-state index contributed by atoms with van der Waals surface area (Å²) < 4.78 is 14.7. The molecule has 2 aromatic heterocycles. The van der Waals surface area contributed by atoms with Crippen LogP contribution >= 0.6 is 0 Å². The van der Waals surface area contributed by atoms with Crippen LogP contribution in [0.5, 0.6) is 5.75 Å².